The van der Waals surface area contributed by atoms with E-state index < -0.39 is 6.10 Å². The average Bonchev–Trinajstić information content (AvgIpc) is 2.83. The van der Waals surface area contributed by atoms with Gasteiger partial charge in [0.05, 0.1) is 25.4 Å². The molecule has 1 amide bonds. The number of β-amino-alcohol motifs (C(OH)–C–C–N with tert-alkyl or cyclic N) is 1. The standard InChI is InChI=1S/C25H37N7O3/c1-30(2)10-11-31(3)25-28-22(12-23(29-25)27-20-16-35-17-20)24(34)26-13-21(33)15-32-9-8-18-6-4-5-7-19(18)14-32/h4-7,12,20-21,33H,8-11,13-17H2,1-3H3,(H,26,34)(H,27,28,29)/t21-/m0/s1. The van der Waals surface area contributed by atoms with E-state index in [2.05, 4.69) is 48.6 Å². The Bertz CT molecular complexity index is 999. The van der Waals surface area contributed by atoms with Crippen molar-refractivity contribution in [1.82, 2.24) is 25.1 Å². The van der Waals surface area contributed by atoms with E-state index in [-0.39, 0.29) is 24.2 Å². The van der Waals surface area contributed by atoms with Gasteiger partial charge in [0.1, 0.15) is 11.5 Å². The molecular weight excluding hydrogens is 446 g/mol. The molecule has 35 heavy (non-hydrogen) atoms. The first-order chi connectivity index (χ1) is 16.9. The van der Waals surface area contributed by atoms with Gasteiger partial charge in [-0.15, -0.1) is 0 Å². The van der Waals surface area contributed by atoms with Crippen LogP contribution in [0.5, 0.6) is 0 Å². The van der Waals surface area contributed by atoms with Crippen molar-refractivity contribution in [1.29, 1.82) is 0 Å². The number of aliphatic hydroxyl groups excluding tert-OH is 1. The number of amides is 1. The molecule has 10 nitrogen and oxygen atoms in total. The molecule has 0 spiro atoms. The normalized spacial score (nSPS) is 16.9. The van der Waals surface area contributed by atoms with Crippen molar-refractivity contribution in [2.75, 3.05) is 77.3 Å². The molecule has 190 valence electrons. The van der Waals surface area contributed by atoms with Crippen molar-refractivity contribution in [2.45, 2.75) is 25.1 Å². The van der Waals surface area contributed by atoms with Crippen LogP contribution in [0.15, 0.2) is 30.3 Å². The van der Waals surface area contributed by atoms with Crippen molar-refractivity contribution >= 4 is 17.7 Å². The number of carbonyl (C=O) groups is 1. The summed E-state index contributed by atoms with van der Waals surface area (Å²) >= 11 is 0. The third-order valence-corrected chi connectivity index (χ3v) is 6.34. The Labute approximate surface area is 207 Å². The lowest BCUT2D eigenvalue weighted by Crippen LogP contribution is -2.42. The first-order valence-corrected chi connectivity index (χ1v) is 12.2. The molecule has 4 rings (SSSR count). The summed E-state index contributed by atoms with van der Waals surface area (Å²) in [6.07, 6.45) is 0.306. The number of benzene rings is 1. The Morgan fingerprint density at radius 1 is 1.20 bits per heavy atom. The molecular formula is C25H37N7O3. The lowest BCUT2D eigenvalue weighted by molar-refractivity contribution is 0.0209. The SMILES string of the molecule is CN(C)CCN(C)c1nc(NC2COC2)cc(C(=O)NC[C@H](O)CN2CCc3ccccc3C2)n1. The zero-order chi connectivity index (χ0) is 24.8. The molecule has 1 fully saturated rings. The van der Waals surface area contributed by atoms with E-state index in [0.29, 0.717) is 31.5 Å². The number of fused-ring (bicyclic) bond motifs is 1. The van der Waals surface area contributed by atoms with Gasteiger partial charge in [-0.25, -0.2) is 4.98 Å². The highest BCUT2D eigenvalue weighted by Crippen LogP contribution is 2.19. The number of nitrogens with zero attached hydrogens (tertiary/aromatic N) is 5. The molecule has 3 N–H and O–H groups in total. The van der Waals surface area contributed by atoms with Crippen LogP contribution in [0.2, 0.25) is 0 Å². The Morgan fingerprint density at radius 3 is 2.69 bits per heavy atom. The Morgan fingerprint density at radius 2 is 1.97 bits per heavy atom. The molecule has 0 unspecified atom stereocenters. The highest BCUT2D eigenvalue weighted by molar-refractivity contribution is 5.93. The number of rotatable bonds is 11. The zero-order valence-corrected chi connectivity index (χ0v) is 20.9. The third-order valence-electron chi connectivity index (χ3n) is 6.34. The summed E-state index contributed by atoms with van der Waals surface area (Å²) < 4.78 is 5.24. The van der Waals surface area contributed by atoms with Gasteiger partial charge in [-0.2, -0.15) is 4.98 Å². The first kappa shape index (κ1) is 25.3. The van der Waals surface area contributed by atoms with Crippen LogP contribution in [0.25, 0.3) is 0 Å². The maximum Gasteiger partial charge on any atom is 0.270 e. The van der Waals surface area contributed by atoms with Gasteiger partial charge < -0.3 is 30.3 Å². The Kier molecular flexibility index (Phi) is 8.50. The maximum absolute atomic E-state index is 13.0. The van der Waals surface area contributed by atoms with E-state index in [4.69, 9.17) is 4.74 Å². The summed E-state index contributed by atoms with van der Waals surface area (Å²) in [6.45, 7) is 5.17. The summed E-state index contributed by atoms with van der Waals surface area (Å²) in [7, 11) is 5.93. The Balaban J connectivity index is 1.35. The number of likely N-dealkylation sites (N-methyl/N-ethyl adjacent to an activating group) is 2. The fourth-order valence-electron chi connectivity index (χ4n) is 4.15. The summed E-state index contributed by atoms with van der Waals surface area (Å²) in [5.74, 6) is 0.748. The summed E-state index contributed by atoms with van der Waals surface area (Å²) in [4.78, 5) is 28.3. The highest BCUT2D eigenvalue weighted by Gasteiger charge is 2.22. The van der Waals surface area contributed by atoms with Gasteiger partial charge in [-0.1, -0.05) is 24.3 Å². The molecule has 0 saturated carbocycles. The topological polar surface area (TPSA) is 106 Å². The van der Waals surface area contributed by atoms with Crippen molar-refractivity contribution in [3.8, 4) is 0 Å². The second-order valence-corrected chi connectivity index (χ2v) is 9.66. The number of hydrogen-bond donors (Lipinski definition) is 3. The predicted molar refractivity (Wildman–Crippen MR) is 136 cm³/mol. The number of anilines is 2. The van der Waals surface area contributed by atoms with E-state index in [1.54, 1.807) is 6.07 Å². The minimum atomic E-state index is -0.669. The molecule has 1 atom stereocenters. The molecule has 10 heteroatoms. The number of ether oxygens (including phenoxy) is 1. The summed E-state index contributed by atoms with van der Waals surface area (Å²) in [5, 5.41) is 16.8. The van der Waals surface area contributed by atoms with Gasteiger partial charge >= 0.3 is 0 Å². The van der Waals surface area contributed by atoms with Gasteiger partial charge in [0.15, 0.2) is 0 Å². The van der Waals surface area contributed by atoms with Crippen molar-refractivity contribution < 1.29 is 14.6 Å². The Hall–Kier alpha value is -2.79. The summed E-state index contributed by atoms with van der Waals surface area (Å²) in [6, 6.07) is 10.3. The maximum atomic E-state index is 13.0. The molecule has 3 heterocycles. The van der Waals surface area contributed by atoms with Crippen LogP contribution in [0, 0.1) is 0 Å². The van der Waals surface area contributed by atoms with Crippen LogP contribution < -0.4 is 15.5 Å². The van der Waals surface area contributed by atoms with Crippen LogP contribution in [-0.2, 0) is 17.7 Å². The smallest absolute Gasteiger partial charge is 0.270 e. The molecule has 1 aromatic heterocycles. The second-order valence-electron chi connectivity index (χ2n) is 9.66. The fraction of sp³-hybridized carbons (Fsp3) is 0.560. The third kappa shape index (κ3) is 7.11. The number of nitrogens with one attached hydrogen (secondary N) is 2. The van der Waals surface area contributed by atoms with Crippen LogP contribution in [0.1, 0.15) is 21.6 Å². The largest absolute Gasteiger partial charge is 0.390 e. The van der Waals surface area contributed by atoms with Gasteiger partial charge in [-0.05, 0) is 31.6 Å². The van der Waals surface area contributed by atoms with Crippen LogP contribution in [-0.4, -0.2) is 110 Å². The number of hydrogen-bond acceptors (Lipinski definition) is 9. The van der Waals surface area contributed by atoms with Crippen LogP contribution in [0.4, 0.5) is 11.8 Å². The van der Waals surface area contributed by atoms with Gasteiger partial charge in [0.2, 0.25) is 5.95 Å². The first-order valence-electron chi connectivity index (χ1n) is 12.2. The van der Waals surface area contributed by atoms with E-state index >= 15 is 0 Å². The minimum Gasteiger partial charge on any atom is -0.390 e. The van der Waals surface area contributed by atoms with E-state index in [1.165, 1.54) is 11.1 Å². The number of aromatic nitrogens is 2. The minimum absolute atomic E-state index is 0.159. The molecule has 2 aliphatic rings. The van der Waals surface area contributed by atoms with E-state index in [1.807, 2.05) is 32.1 Å². The van der Waals surface area contributed by atoms with Crippen LogP contribution in [0.3, 0.4) is 0 Å². The van der Waals surface area contributed by atoms with Gasteiger partial charge in [0, 0.05) is 52.4 Å². The zero-order valence-electron chi connectivity index (χ0n) is 20.9. The van der Waals surface area contributed by atoms with E-state index in [9.17, 15) is 9.90 Å². The number of carbonyl (C=O) groups excluding carboxylic acids is 1. The van der Waals surface area contributed by atoms with Crippen LogP contribution >= 0.6 is 0 Å². The molecule has 0 radical (unpaired) electrons. The number of aliphatic hydroxyl groups is 1. The van der Waals surface area contributed by atoms with Crippen molar-refractivity contribution in [3.63, 3.8) is 0 Å². The van der Waals surface area contributed by atoms with Crippen molar-refractivity contribution in [2.24, 2.45) is 0 Å². The van der Waals surface area contributed by atoms with Gasteiger partial charge in [-0.3, -0.25) is 9.69 Å². The molecule has 2 aliphatic heterocycles. The second kappa shape index (κ2) is 11.8. The quantitative estimate of drug-likeness (QED) is 0.420. The summed E-state index contributed by atoms with van der Waals surface area (Å²) in [5.41, 5.74) is 2.95. The fourth-order valence-corrected chi connectivity index (χ4v) is 4.15. The molecule has 0 bridgehead atoms. The lowest BCUT2D eigenvalue weighted by atomic mass is 10.00. The van der Waals surface area contributed by atoms with Gasteiger partial charge in [0.25, 0.3) is 5.91 Å². The highest BCUT2D eigenvalue weighted by atomic mass is 16.5. The average molecular weight is 484 g/mol. The predicted octanol–water partition coefficient (Wildman–Crippen LogP) is 0.434. The monoisotopic (exact) mass is 483 g/mol. The van der Waals surface area contributed by atoms with E-state index in [0.717, 1.165) is 32.6 Å². The molecule has 2 aromatic rings. The lowest BCUT2D eigenvalue weighted by Gasteiger charge is -2.30. The van der Waals surface area contributed by atoms with Crippen molar-refractivity contribution in [3.05, 3.63) is 47.2 Å². The molecule has 1 aromatic carbocycles. The molecule has 0 aliphatic carbocycles. The molecule has 1 saturated heterocycles.